The highest BCUT2D eigenvalue weighted by Gasteiger charge is 2.39. The van der Waals surface area contributed by atoms with Crippen LogP contribution in [0.5, 0.6) is 0 Å². The lowest BCUT2D eigenvalue weighted by Gasteiger charge is -2.13. The molecule has 8 nitrogen and oxygen atoms in total. The standard InChI is InChI=1S/C20H10N4O4S/c25-18-11-5-1-2-6-12(11)19(26)24(18)28-20(27)16-15(21-9-10-22-16)17-23-13-7-3-4-8-14(13)29-17/h1-10H. The Morgan fingerprint density at radius 3 is 2.28 bits per heavy atom. The van der Waals surface area contributed by atoms with Gasteiger partial charge in [-0.2, -0.15) is 0 Å². The molecular formula is C20H10N4O4S. The van der Waals surface area contributed by atoms with E-state index in [2.05, 4.69) is 15.0 Å². The number of rotatable bonds is 3. The van der Waals surface area contributed by atoms with Crippen molar-refractivity contribution in [2.45, 2.75) is 0 Å². The number of carbonyl (C=O) groups excluding carboxylic acids is 3. The minimum absolute atomic E-state index is 0.136. The van der Waals surface area contributed by atoms with Crippen molar-refractivity contribution in [3.63, 3.8) is 0 Å². The number of para-hydroxylation sites is 1. The Hall–Kier alpha value is -3.98. The molecular weight excluding hydrogens is 392 g/mol. The number of imide groups is 1. The average molecular weight is 402 g/mol. The molecule has 2 aromatic carbocycles. The molecule has 3 heterocycles. The highest BCUT2D eigenvalue weighted by atomic mass is 32.1. The van der Waals surface area contributed by atoms with Crippen LogP contribution in [-0.4, -0.2) is 37.8 Å². The number of fused-ring (bicyclic) bond motifs is 2. The normalized spacial score (nSPS) is 13.0. The number of hydrogen-bond donors (Lipinski definition) is 0. The van der Waals surface area contributed by atoms with Gasteiger partial charge < -0.3 is 4.84 Å². The van der Waals surface area contributed by atoms with Crippen molar-refractivity contribution >= 4 is 39.3 Å². The van der Waals surface area contributed by atoms with E-state index >= 15 is 0 Å². The average Bonchev–Trinajstić information content (AvgIpc) is 3.29. The molecule has 9 heteroatoms. The monoisotopic (exact) mass is 402 g/mol. The van der Waals surface area contributed by atoms with Gasteiger partial charge in [-0.15, -0.1) is 11.3 Å². The minimum atomic E-state index is -0.970. The zero-order valence-electron chi connectivity index (χ0n) is 14.6. The molecule has 0 bridgehead atoms. The van der Waals surface area contributed by atoms with Crippen LogP contribution < -0.4 is 0 Å². The van der Waals surface area contributed by atoms with E-state index in [1.807, 2.05) is 24.3 Å². The smallest absolute Gasteiger partial charge is 0.322 e. The highest BCUT2D eigenvalue weighted by Crippen LogP contribution is 2.31. The third-order valence-corrected chi connectivity index (χ3v) is 5.36. The number of benzene rings is 2. The Morgan fingerprint density at radius 1 is 0.897 bits per heavy atom. The number of thiazole rings is 1. The molecule has 1 aliphatic heterocycles. The van der Waals surface area contributed by atoms with Crippen LogP contribution >= 0.6 is 11.3 Å². The lowest BCUT2D eigenvalue weighted by molar-refractivity contribution is -0.0588. The topological polar surface area (TPSA) is 102 Å². The van der Waals surface area contributed by atoms with Crippen LogP contribution in [0.4, 0.5) is 0 Å². The van der Waals surface area contributed by atoms with Crippen LogP contribution in [0.15, 0.2) is 60.9 Å². The molecule has 0 atom stereocenters. The van der Waals surface area contributed by atoms with Crippen LogP contribution in [0.25, 0.3) is 20.9 Å². The summed E-state index contributed by atoms with van der Waals surface area (Å²) in [5.41, 5.74) is 1.20. The van der Waals surface area contributed by atoms with E-state index < -0.39 is 17.8 Å². The zero-order chi connectivity index (χ0) is 20.0. The molecule has 0 radical (unpaired) electrons. The summed E-state index contributed by atoms with van der Waals surface area (Å²) in [6.45, 7) is 0. The van der Waals surface area contributed by atoms with E-state index in [0.29, 0.717) is 10.1 Å². The molecule has 0 saturated carbocycles. The van der Waals surface area contributed by atoms with Gasteiger partial charge in [-0.05, 0) is 24.3 Å². The molecule has 0 fully saturated rings. The second kappa shape index (κ2) is 6.57. The first-order valence-electron chi connectivity index (χ1n) is 8.50. The SMILES string of the molecule is O=C(ON1C(=O)c2ccccc2C1=O)c1nccnc1-c1nc2ccccc2s1. The van der Waals surface area contributed by atoms with Crippen molar-refractivity contribution in [1.29, 1.82) is 0 Å². The summed E-state index contributed by atoms with van der Waals surface area (Å²) in [5.74, 6) is -2.38. The predicted octanol–water partition coefficient (Wildman–Crippen LogP) is 3.12. The third kappa shape index (κ3) is 2.75. The van der Waals surface area contributed by atoms with Gasteiger partial charge in [0.25, 0.3) is 11.8 Å². The molecule has 2 amide bonds. The Kier molecular flexibility index (Phi) is 3.88. The Balaban J connectivity index is 1.49. The van der Waals surface area contributed by atoms with Crippen molar-refractivity contribution in [3.05, 3.63) is 77.7 Å². The van der Waals surface area contributed by atoms with Crippen molar-refractivity contribution in [2.24, 2.45) is 0 Å². The first-order valence-corrected chi connectivity index (χ1v) is 9.32. The van der Waals surface area contributed by atoms with Gasteiger partial charge in [-0.1, -0.05) is 29.3 Å². The lowest BCUT2D eigenvalue weighted by Crippen LogP contribution is -2.33. The largest absolute Gasteiger partial charge is 0.384 e. The molecule has 0 N–H and O–H groups in total. The van der Waals surface area contributed by atoms with E-state index in [9.17, 15) is 14.4 Å². The molecule has 4 aromatic rings. The lowest BCUT2D eigenvalue weighted by atomic mass is 10.1. The Bertz CT molecular complexity index is 1250. The van der Waals surface area contributed by atoms with Gasteiger partial charge in [0.15, 0.2) is 5.69 Å². The van der Waals surface area contributed by atoms with Crippen LogP contribution in [0, 0.1) is 0 Å². The summed E-state index contributed by atoms with van der Waals surface area (Å²) in [6.07, 6.45) is 2.76. The molecule has 1 aliphatic rings. The summed E-state index contributed by atoms with van der Waals surface area (Å²) in [7, 11) is 0. The molecule has 0 unspecified atom stereocenters. The summed E-state index contributed by atoms with van der Waals surface area (Å²) in [6, 6.07) is 13.8. The molecule has 0 spiro atoms. The van der Waals surface area contributed by atoms with Crippen LogP contribution in [0.3, 0.4) is 0 Å². The number of hydrogen-bond acceptors (Lipinski definition) is 8. The summed E-state index contributed by atoms with van der Waals surface area (Å²) in [4.78, 5) is 55.5. The van der Waals surface area contributed by atoms with Gasteiger partial charge >= 0.3 is 5.97 Å². The van der Waals surface area contributed by atoms with Gasteiger partial charge in [0, 0.05) is 12.4 Å². The molecule has 0 saturated heterocycles. The van der Waals surface area contributed by atoms with Crippen LogP contribution in [-0.2, 0) is 4.84 Å². The summed E-state index contributed by atoms with van der Waals surface area (Å²) < 4.78 is 0.924. The molecule has 0 aliphatic carbocycles. The fourth-order valence-electron chi connectivity index (χ4n) is 2.99. The van der Waals surface area contributed by atoms with E-state index in [-0.39, 0.29) is 22.5 Å². The van der Waals surface area contributed by atoms with Crippen LogP contribution in [0.2, 0.25) is 0 Å². The summed E-state index contributed by atoms with van der Waals surface area (Å²) in [5, 5.41) is 0.928. The number of amides is 2. The zero-order valence-corrected chi connectivity index (χ0v) is 15.4. The Morgan fingerprint density at radius 2 is 1.55 bits per heavy atom. The quantitative estimate of drug-likeness (QED) is 0.485. The van der Waals surface area contributed by atoms with Gasteiger partial charge in [0.05, 0.1) is 21.3 Å². The second-order valence-corrected chi connectivity index (χ2v) is 7.10. The molecule has 140 valence electrons. The maximum absolute atomic E-state index is 12.8. The summed E-state index contributed by atoms with van der Waals surface area (Å²) >= 11 is 1.35. The van der Waals surface area contributed by atoms with Gasteiger partial charge in [0.2, 0.25) is 0 Å². The fraction of sp³-hybridized carbons (Fsp3) is 0. The number of aromatic nitrogens is 3. The fourth-order valence-corrected chi connectivity index (χ4v) is 3.96. The van der Waals surface area contributed by atoms with Gasteiger partial charge in [0.1, 0.15) is 10.7 Å². The molecule has 5 rings (SSSR count). The first kappa shape index (κ1) is 17.1. The highest BCUT2D eigenvalue weighted by molar-refractivity contribution is 7.21. The maximum atomic E-state index is 12.8. The van der Waals surface area contributed by atoms with Gasteiger partial charge in [-0.3, -0.25) is 9.59 Å². The van der Waals surface area contributed by atoms with Crippen LogP contribution in [0.1, 0.15) is 31.2 Å². The predicted molar refractivity (Wildman–Crippen MR) is 103 cm³/mol. The van der Waals surface area contributed by atoms with Crippen molar-refractivity contribution in [1.82, 2.24) is 20.0 Å². The van der Waals surface area contributed by atoms with E-state index in [1.165, 1.54) is 35.9 Å². The number of hydroxylamine groups is 2. The van der Waals surface area contributed by atoms with E-state index in [1.54, 1.807) is 12.1 Å². The first-order chi connectivity index (χ1) is 14.1. The van der Waals surface area contributed by atoms with Crippen molar-refractivity contribution in [3.8, 4) is 10.7 Å². The minimum Gasteiger partial charge on any atom is -0.322 e. The molecule has 2 aromatic heterocycles. The Labute approximate surface area is 167 Å². The number of nitrogens with zero attached hydrogens (tertiary/aromatic N) is 4. The van der Waals surface area contributed by atoms with E-state index in [0.717, 1.165) is 10.2 Å². The third-order valence-electron chi connectivity index (χ3n) is 4.32. The van der Waals surface area contributed by atoms with E-state index in [4.69, 9.17) is 4.84 Å². The van der Waals surface area contributed by atoms with Gasteiger partial charge in [-0.25, -0.2) is 19.7 Å². The van der Waals surface area contributed by atoms with Crippen molar-refractivity contribution in [2.75, 3.05) is 0 Å². The maximum Gasteiger partial charge on any atom is 0.384 e. The second-order valence-electron chi connectivity index (χ2n) is 6.07. The number of carbonyl (C=O) groups is 3. The van der Waals surface area contributed by atoms with Crippen molar-refractivity contribution < 1.29 is 19.2 Å². The molecule has 29 heavy (non-hydrogen) atoms.